The molecule has 0 saturated carbocycles. The van der Waals surface area contributed by atoms with E-state index in [0.29, 0.717) is 23.1 Å². The van der Waals surface area contributed by atoms with E-state index < -0.39 is 6.67 Å². The van der Waals surface area contributed by atoms with Crippen molar-refractivity contribution in [2.24, 2.45) is 0 Å². The Balaban J connectivity index is 2.41. The van der Waals surface area contributed by atoms with E-state index in [-0.39, 0.29) is 12.3 Å². The zero-order chi connectivity index (χ0) is 14.7. The second-order valence-corrected chi connectivity index (χ2v) is 4.67. The number of carbonyl (C=O) groups excluding carboxylic acids is 1. The topological polar surface area (TPSA) is 46.9 Å². The number of nitrogens with zero attached hydrogens (tertiary/aromatic N) is 2. The molecule has 0 aliphatic rings. The number of fused-ring (bicyclic) bond motifs is 1. The van der Waals surface area contributed by atoms with Gasteiger partial charge in [-0.25, -0.2) is 4.98 Å². The van der Waals surface area contributed by atoms with Crippen molar-refractivity contribution in [2.75, 3.05) is 6.67 Å². The first-order valence-corrected chi connectivity index (χ1v) is 6.65. The Kier molecular flexibility index (Phi) is 4.39. The van der Waals surface area contributed by atoms with E-state index >= 15 is 0 Å². The smallest absolute Gasteiger partial charge is 0.272 e. The summed E-state index contributed by atoms with van der Waals surface area (Å²) in [6.45, 7) is 5.56. The third-order valence-corrected chi connectivity index (χ3v) is 3.28. The van der Waals surface area contributed by atoms with Crippen molar-refractivity contribution in [1.82, 2.24) is 14.9 Å². The third-order valence-electron chi connectivity index (χ3n) is 3.00. The Hall–Kier alpha value is -1.88. The number of rotatable bonds is 5. The maximum absolute atomic E-state index is 12.2. The number of allylic oxidation sites excluding steroid dienone is 1. The summed E-state index contributed by atoms with van der Waals surface area (Å²) in [6, 6.07) is 3.53. The number of alkyl halides is 1. The van der Waals surface area contributed by atoms with Crippen LogP contribution in [0.1, 0.15) is 23.8 Å². The van der Waals surface area contributed by atoms with Crippen LogP contribution in [0.5, 0.6) is 0 Å². The Bertz CT molecular complexity index is 666. The molecule has 0 spiro atoms. The lowest BCUT2D eigenvalue weighted by molar-refractivity contribution is 0.0956. The van der Waals surface area contributed by atoms with Crippen LogP contribution in [0.15, 0.2) is 30.6 Å². The van der Waals surface area contributed by atoms with Gasteiger partial charge in [0.25, 0.3) is 5.91 Å². The number of amides is 1. The molecule has 2 heterocycles. The van der Waals surface area contributed by atoms with E-state index in [1.807, 2.05) is 6.92 Å². The maximum Gasteiger partial charge on any atom is 0.272 e. The van der Waals surface area contributed by atoms with Crippen molar-refractivity contribution in [3.8, 4) is 0 Å². The predicted octanol–water partition coefficient (Wildman–Crippen LogP) is 3.31. The van der Waals surface area contributed by atoms with Gasteiger partial charge in [-0.05, 0) is 19.1 Å². The maximum atomic E-state index is 12.2. The van der Waals surface area contributed by atoms with Crippen molar-refractivity contribution in [2.45, 2.75) is 19.9 Å². The number of hydrogen-bond donors (Lipinski definition) is 1. The highest BCUT2D eigenvalue weighted by Gasteiger charge is 2.17. The summed E-state index contributed by atoms with van der Waals surface area (Å²) >= 11 is 6.08. The molecule has 0 aromatic carbocycles. The standard InChI is InChI=1S/C14H15ClFN3O/c1-3-19-11(14(20)18-9(2)4-6-16)8-10-5-7-17-13(15)12(10)19/h5,7-8H,2-4,6H2,1H3,(H,18,20). The number of carbonyl (C=O) groups is 1. The van der Waals surface area contributed by atoms with E-state index in [9.17, 15) is 9.18 Å². The fraction of sp³-hybridized carbons (Fsp3) is 0.286. The van der Waals surface area contributed by atoms with Gasteiger partial charge in [-0.1, -0.05) is 18.2 Å². The summed E-state index contributed by atoms with van der Waals surface area (Å²) in [7, 11) is 0. The Morgan fingerprint density at radius 3 is 3.00 bits per heavy atom. The molecule has 4 nitrogen and oxygen atoms in total. The van der Waals surface area contributed by atoms with Crippen LogP contribution in [0, 0.1) is 0 Å². The van der Waals surface area contributed by atoms with Crippen molar-refractivity contribution in [3.63, 3.8) is 0 Å². The molecular formula is C14H15ClFN3O. The second kappa shape index (κ2) is 6.05. The average molecular weight is 296 g/mol. The monoisotopic (exact) mass is 295 g/mol. The molecule has 0 bridgehead atoms. The molecule has 0 atom stereocenters. The largest absolute Gasteiger partial charge is 0.334 e. The molecule has 2 rings (SSSR count). The summed E-state index contributed by atoms with van der Waals surface area (Å²) in [5, 5.41) is 3.79. The van der Waals surface area contributed by atoms with Crippen LogP contribution >= 0.6 is 11.6 Å². The minimum absolute atomic E-state index is 0.112. The van der Waals surface area contributed by atoms with Gasteiger partial charge in [-0.3, -0.25) is 9.18 Å². The molecule has 0 aliphatic heterocycles. The van der Waals surface area contributed by atoms with Crippen LogP contribution in [0.25, 0.3) is 10.9 Å². The molecule has 2 aromatic rings. The predicted molar refractivity (Wildman–Crippen MR) is 77.6 cm³/mol. The van der Waals surface area contributed by atoms with Gasteiger partial charge in [0.2, 0.25) is 0 Å². The molecule has 0 saturated heterocycles. The highest BCUT2D eigenvalue weighted by atomic mass is 35.5. The van der Waals surface area contributed by atoms with Crippen molar-refractivity contribution in [3.05, 3.63) is 41.5 Å². The molecule has 106 valence electrons. The molecule has 6 heteroatoms. The number of aryl methyl sites for hydroxylation is 1. The van der Waals surface area contributed by atoms with Crippen molar-refractivity contribution in [1.29, 1.82) is 0 Å². The van der Waals surface area contributed by atoms with Gasteiger partial charge in [-0.15, -0.1) is 0 Å². The van der Waals surface area contributed by atoms with E-state index in [2.05, 4.69) is 16.9 Å². The van der Waals surface area contributed by atoms with Crippen LogP contribution in [0.4, 0.5) is 4.39 Å². The number of hydrogen-bond acceptors (Lipinski definition) is 2. The van der Waals surface area contributed by atoms with Crippen LogP contribution in [0.2, 0.25) is 5.15 Å². The average Bonchev–Trinajstić information content (AvgIpc) is 2.79. The summed E-state index contributed by atoms with van der Waals surface area (Å²) in [4.78, 5) is 16.2. The van der Waals surface area contributed by atoms with E-state index in [0.717, 1.165) is 10.9 Å². The summed E-state index contributed by atoms with van der Waals surface area (Å²) < 4.78 is 14.0. The molecule has 0 radical (unpaired) electrons. The quantitative estimate of drug-likeness (QED) is 0.860. The van der Waals surface area contributed by atoms with Gasteiger partial charge in [0, 0.05) is 30.2 Å². The number of pyridine rings is 1. The normalized spacial score (nSPS) is 10.8. The second-order valence-electron chi connectivity index (χ2n) is 4.31. The number of nitrogens with one attached hydrogen (secondary N) is 1. The van der Waals surface area contributed by atoms with Crippen LogP contribution in [-0.4, -0.2) is 22.1 Å². The fourth-order valence-electron chi connectivity index (χ4n) is 2.09. The lowest BCUT2D eigenvalue weighted by Gasteiger charge is -2.10. The van der Waals surface area contributed by atoms with Gasteiger partial charge in [0.1, 0.15) is 5.69 Å². The zero-order valence-electron chi connectivity index (χ0n) is 11.1. The van der Waals surface area contributed by atoms with Crippen molar-refractivity contribution < 1.29 is 9.18 Å². The van der Waals surface area contributed by atoms with Gasteiger partial charge in [0.15, 0.2) is 5.15 Å². The lowest BCUT2D eigenvalue weighted by Crippen LogP contribution is -2.25. The summed E-state index contributed by atoms with van der Waals surface area (Å²) in [5.41, 5.74) is 1.53. The first-order chi connectivity index (χ1) is 9.58. The summed E-state index contributed by atoms with van der Waals surface area (Å²) in [5.74, 6) is -0.322. The van der Waals surface area contributed by atoms with Gasteiger partial charge in [0.05, 0.1) is 12.2 Å². The highest BCUT2D eigenvalue weighted by molar-refractivity contribution is 6.34. The molecule has 20 heavy (non-hydrogen) atoms. The minimum Gasteiger partial charge on any atom is -0.334 e. The van der Waals surface area contributed by atoms with Crippen LogP contribution < -0.4 is 5.32 Å². The Morgan fingerprint density at radius 2 is 2.35 bits per heavy atom. The Morgan fingerprint density at radius 1 is 1.60 bits per heavy atom. The molecule has 0 fully saturated rings. The van der Waals surface area contributed by atoms with Crippen LogP contribution in [-0.2, 0) is 6.54 Å². The zero-order valence-corrected chi connectivity index (χ0v) is 11.9. The molecule has 2 aromatic heterocycles. The first kappa shape index (κ1) is 14.5. The van der Waals surface area contributed by atoms with E-state index in [4.69, 9.17) is 11.6 Å². The minimum atomic E-state index is -0.550. The van der Waals surface area contributed by atoms with E-state index in [1.54, 1.807) is 22.9 Å². The summed E-state index contributed by atoms with van der Waals surface area (Å²) in [6.07, 6.45) is 1.70. The van der Waals surface area contributed by atoms with Gasteiger partial charge < -0.3 is 9.88 Å². The number of halogens is 2. The third kappa shape index (κ3) is 2.67. The molecule has 1 amide bonds. The lowest BCUT2D eigenvalue weighted by atomic mass is 10.3. The van der Waals surface area contributed by atoms with Gasteiger partial charge in [-0.2, -0.15) is 0 Å². The van der Waals surface area contributed by atoms with Crippen LogP contribution in [0.3, 0.4) is 0 Å². The van der Waals surface area contributed by atoms with Gasteiger partial charge >= 0.3 is 0 Å². The molecule has 0 unspecified atom stereocenters. The number of aromatic nitrogens is 2. The highest BCUT2D eigenvalue weighted by Crippen LogP contribution is 2.25. The molecule has 0 aliphatic carbocycles. The SMILES string of the molecule is C=C(CCF)NC(=O)c1cc2ccnc(Cl)c2n1CC. The molecule has 1 N–H and O–H groups in total. The fourth-order valence-corrected chi connectivity index (χ4v) is 2.36. The van der Waals surface area contributed by atoms with Crippen molar-refractivity contribution >= 4 is 28.4 Å². The Labute approximate surface area is 121 Å². The van der Waals surface area contributed by atoms with E-state index in [1.165, 1.54) is 0 Å². The molecular weight excluding hydrogens is 281 g/mol. The first-order valence-electron chi connectivity index (χ1n) is 6.27.